The van der Waals surface area contributed by atoms with Gasteiger partial charge >= 0.3 is 6.61 Å². The normalized spacial score (nSPS) is 16.2. The molecule has 1 aromatic carbocycles. The number of ether oxygens (including phenoxy) is 1. The minimum atomic E-state index is -3.03. The molecule has 0 spiro atoms. The number of halogens is 3. The van der Waals surface area contributed by atoms with Crippen molar-refractivity contribution in [2.45, 2.75) is 32.0 Å². The van der Waals surface area contributed by atoms with Crippen LogP contribution in [0.1, 0.15) is 30.2 Å². The molecule has 2 aromatic rings. The predicted octanol–water partition coefficient (Wildman–Crippen LogP) is 3.52. The number of alkyl halides is 2. The van der Waals surface area contributed by atoms with Gasteiger partial charge in [-0.15, -0.1) is 0 Å². The Morgan fingerprint density at radius 3 is 2.66 bits per heavy atom. The fraction of sp³-hybridized carbons (Fsp3) is 0.450. The predicted molar refractivity (Wildman–Crippen MR) is 103 cm³/mol. The first-order chi connectivity index (χ1) is 14.1. The highest BCUT2D eigenvalue weighted by atomic mass is 19.3. The summed E-state index contributed by atoms with van der Waals surface area (Å²) in [6, 6.07) is 7.67. The van der Waals surface area contributed by atoms with Crippen molar-refractivity contribution in [1.82, 2.24) is 15.5 Å². The molecule has 1 saturated heterocycles. The number of nitrogens with zero attached hydrogens (tertiary/aromatic N) is 2. The molecule has 6 nitrogen and oxygen atoms in total. The molecular formula is C20H25F3N4O2. The first kappa shape index (κ1) is 21.0. The zero-order chi connectivity index (χ0) is 20.6. The van der Waals surface area contributed by atoms with Gasteiger partial charge < -0.3 is 19.8 Å². The maximum Gasteiger partial charge on any atom is 0.387 e. The summed E-state index contributed by atoms with van der Waals surface area (Å²) in [6.45, 7) is -0.567. The second-order valence-electron chi connectivity index (χ2n) is 6.68. The number of nitrogens with one attached hydrogen (secondary N) is 2. The summed E-state index contributed by atoms with van der Waals surface area (Å²) >= 11 is 0. The van der Waals surface area contributed by atoms with E-state index in [1.807, 2.05) is 12.1 Å². The van der Waals surface area contributed by atoms with Crippen molar-refractivity contribution in [3.05, 3.63) is 53.7 Å². The van der Waals surface area contributed by atoms with Gasteiger partial charge in [-0.05, 0) is 50.2 Å². The van der Waals surface area contributed by atoms with E-state index in [0.29, 0.717) is 12.5 Å². The zero-order valence-corrected chi connectivity index (χ0v) is 16.2. The highest BCUT2D eigenvalue weighted by Gasteiger charge is 2.25. The van der Waals surface area contributed by atoms with Crippen LogP contribution in [-0.2, 0) is 6.54 Å². The van der Waals surface area contributed by atoms with Crippen LogP contribution in [0.2, 0.25) is 0 Å². The third-order valence-corrected chi connectivity index (χ3v) is 4.86. The van der Waals surface area contributed by atoms with Gasteiger partial charge in [0.15, 0.2) is 5.96 Å². The molecule has 3 rings (SSSR count). The largest absolute Gasteiger partial charge is 0.468 e. The minimum absolute atomic E-state index is 0.0119. The van der Waals surface area contributed by atoms with E-state index in [1.165, 1.54) is 18.2 Å². The van der Waals surface area contributed by atoms with Crippen LogP contribution in [0.15, 0.2) is 46.0 Å². The number of benzene rings is 1. The van der Waals surface area contributed by atoms with Crippen LogP contribution in [-0.4, -0.2) is 44.2 Å². The van der Waals surface area contributed by atoms with Crippen molar-refractivity contribution in [2.24, 2.45) is 4.99 Å². The highest BCUT2D eigenvalue weighted by Crippen LogP contribution is 2.25. The molecular weight excluding hydrogens is 385 g/mol. The summed E-state index contributed by atoms with van der Waals surface area (Å²) in [5.74, 6) is 0.452. The maximum atomic E-state index is 14.1. The molecule has 29 heavy (non-hydrogen) atoms. The number of aliphatic imine (C=N–C) groups is 1. The Kier molecular flexibility index (Phi) is 7.40. The lowest BCUT2D eigenvalue weighted by atomic mass is 10.2. The molecule has 0 amide bonds. The van der Waals surface area contributed by atoms with Gasteiger partial charge in [-0.1, -0.05) is 6.07 Å². The highest BCUT2D eigenvalue weighted by molar-refractivity contribution is 5.79. The Morgan fingerprint density at radius 1 is 1.21 bits per heavy atom. The van der Waals surface area contributed by atoms with Crippen LogP contribution in [0.4, 0.5) is 13.2 Å². The number of guanidine groups is 1. The Labute approximate surface area is 167 Å². The van der Waals surface area contributed by atoms with Gasteiger partial charge in [0.2, 0.25) is 0 Å². The summed E-state index contributed by atoms with van der Waals surface area (Å²) in [5, 5.41) is 6.17. The monoisotopic (exact) mass is 410 g/mol. The van der Waals surface area contributed by atoms with Crippen LogP contribution in [0.5, 0.6) is 5.75 Å². The fourth-order valence-electron chi connectivity index (χ4n) is 3.45. The zero-order valence-electron chi connectivity index (χ0n) is 16.2. The van der Waals surface area contributed by atoms with Gasteiger partial charge in [0, 0.05) is 25.7 Å². The quantitative estimate of drug-likeness (QED) is 0.515. The van der Waals surface area contributed by atoms with Crippen molar-refractivity contribution in [1.29, 1.82) is 0 Å². The molecule has 0 radical (unpaired) electrons. The van der Waals surface area contributed by atoms with E-state index in [0.717, 1.165) is 31.7 Å². The lowest BCUT2D eigenvalue weighted by Gasteiger charge is -2.26. The second kappa shape index (κ2) is 10.2. The molecule has 0 aliphatic carbocycles. The summed E-state index contributed by atoms with van der Waals surface area (Å²) < 4.78 is 49.3. The van der Waals surface area contributed by atoms with E-state index >= 15 is 0 Å². The third kappa shape index (κ3) is 5.66. The van der Waals surface area contributed by atoms with E-state index in [9.17, 15) is 13.2 Å². The average Bonchev–Trinajstić information content (AvgIpc) is 3.40. The van der Waals surface area contributed by atoms with Crippen molar-refractivity contribution in [3.8, 4) is 5.75 Å². The molecule has 9 heteroatoms. The molecule has 0 saturated carbocycles. The Hall–Kier alpha value is -2.68. The van der Waals surface area contributed by atoms with Gasteiger partial charge in [-0.3, -0.25) is 9.89 Å². The standard InChI is InChI=1S/C20H25F3N4O2/c1-24-20(25-12-14-15(21)6-4-7-17(14)29-19(22)23)26-13-16(18-8-5-11-28-18)27-9-2-3-10-27/h4-8,11,16,19H,2-3,9-10,12-13H2,1H3,(H2,24,25,26). The Bertz CT molecular complexity index is 793. The minimum Gasteiger partial charge on any atom is -0.468 e. The van der Waals surface area contributed by atoms with Crippen molar-refractivity contribution in [2.75, 3.05) is 26.7 Å². The molecule has 1 unspecified atom stereocenters. The lowest BCUT2D eigenvalue weighted by Crippen LogP contribution is -2.42. The third-order valence-electron chi connectivity index (χ3n) is 4.86. The number of hydrogen-bond acceptors (Lipinski definition) is 4. The first-order valence-electron chi connectivity index (χ1n) is 9.52. The lowest BCUT2D eigenvalue weighted by molar-refractivity contribution is -0.0506. The van der Waals surface area contributed by atoms with Crippen LogP contribution in [0.25, 0.3) is 0 Å². The van der Waals surface area contributed by atoms with Gasteiger partial charge in [0.05, 0.1) is 12.3 Å². The smallest absolute Gasteiger partial charge is 0.387 e. The molecule has 1 atom stereocenters. The summed E-state index contributed by atoms with van der Waals surface area (Å²) in [4.78, 5) is 6.48. The number of furan rings is 1. The van der Waals surface area contributed by atoms with Crippen LogP contribution >= 0.6 is 0 Å². The van der Waals surface area contributed by atoms with Crippen molar-refractivity contribution in [3.63, 3.8) is 0 Å². The van der Waals surface area contributed by atoms with Gasteiger partial charge in [0.1, 0.15) is 17.3 Å². The molecule has 0 bridgehead atoms. The summed E-state index contributed by atoms with van der Waals surface area (Å²) in [7, 11) is 1.59. The topological polar surface area (TPSA) is 62.0 Å². The molecule has 1 aliphatic rings. The van der Waals surface area contributed by atoms with E-state index in [-0.39, 0.29) is 23.9 Å². The maximum absolute atomic E-state index is 14.1. The van der Waals surface area contributed by atoms with Crippen LogP contribution in [0.3, 0.4) is 0 Å². The van der Waals surface area contributed by atoms with E-state index in [2.05, 4.69) is 25.3 Å². The molecule has 1 aliphatic heterocycles. The fourth-order valence-corrected chi connectivity index (χ4v) is 3.45. The van der Waals surface area contributed by atoms with Gasteiger partial charge in [-0.25, -0.2) is 4.39 Å². The number of rotatable bonds is 8. The van der Waals surface area contributed by atoms with E-state index in [4.69, 9.17) is 4.42 Å². The van der Waals surface area contributed by atoms with Gasteiger partial charge in [0.25, 0.3) is 0 Å². The molecule has 1 fully saturated rings. The Balaban J connectivity index is 1.62. The average molecular weight is 410 g/mol. The first-order valence-corrected chi connectivity index (χ1v) is 9.52. The van der Waals surface area contributed by atoms with E-state index < -0.39 is 12.4 Å². The summed E-state index contributed by atoms with van der Waals surface area (Å²) in [6.07, 6.45) is 3.93. The van der Waals surface area contributed by atoms with E-state index in [1.54, 1.807) is 13.3 Å². The molecule has 2 N–H and O–H groups in total. The van der Waals surface area contributed by atoms with Crippen molar-refractivity contribution >= 4 is 5.96 Å². The summed E-state index contributed by atoms with van der Waals surface area (Å²) in [5.41, 5.74) is 0.0119. The van der Waals surface area contributed by atoms with Crippen molar-refractivity contribution < 1.29 is 22.3 Å². The number of likely N-dealkylation sites (tertiary alicyclic amines) is 1. The van der Waals surface area contributed by atoms with Crippen LogP contribution in [0, 0.1) is 5.82 Å². The van der Waals surface area contributed by atoms with Crippen LogP contribution < -0.4 is 15.4 Å². The SMILES string of the molecule is CN=C(NCc1c(F)cccc1OC(F)F)NCC(c1ccco1)N1CCCC1. The Morgan fingerprint density at radius 2 is 2.00 bits per heavy atom. The number of hydrogen-bond donors (Lipinski definition) is 2. The molecule has 158 valence electrons. The van der Waals surface area contributed by atoms with Gasteiger partial charge in [-0.2, -0.15) is 8.78 Å². The molecule has 1 aromatic heterocycles. The molecule has 2 heterocycles. The second-order valence-corrected chi connectivity index (χ2v) is 6.68.